The van der Waals surface area contributed by atoms with Gasteiger partial charge < -0.3 is 9.84 Å². The van der Waals surface area contributed by atoms with Crippen molar-refractivity contribution in [1.82, 2.24) is 0 Å². The molecule has 1 N–H and O–H groups in total. The van der Waals surface area contributed by atoms with E-state index in [1.807, 2.05) is 0 Å². The largest absolute Gasteiger partial charge is 0.497 e. The first-order chi connectivity index (χ1) is 6.92. The van der Waals surface area contributed by atoms with Crippen LogP contribution >= 0.6 is 0 Å². The fourth-order valence-corrected chi connectivity index (χ4v) is 1.70. The van der Waals surface area contributed by atoms with Crippen LogP contribution in [-0.2, 0) is 10.2 Å². The Bertz CT molecular complexity index is 429. The average molecular weight is 234 g/mol. The Morgan fingerprint density at radius 1 is 1.53 bits per heavy atom. The molecule has 6 heteroatoms. The first kappa shape index (κ1) is 11.9. The van der Waals surface area contributed by atoms with E-state index in [1.165, 1.54) is 19.2 Å². The van der Waals surface area contributed by atoms with Crippen LogP contribution in [-0.4, -0.2) is 26.4 Å². The van der Waals surface area contributed by atoms with E-state index >= 15 is 0 Å². The van der Waals surface area contributed by atoms with E-state index in [-0.39, 0.29) is 0 Å². The molecule has 0 saturated carbocycles. The number of aliphatic hydroxyl groups is 1. The van der Waals surface area contributed by atoms with Gasteiger partial charge in [0, 0.05) is 0 Å². The molecular weight excluding hydrogens is 223 g/mol. The number of methoxy groups -OCH3 is 1. The summed E-state index contributed by atoms with van der Waals surface area (Å²) in [6.45, 7) is 0. The second kappa shape index (κ2) is 4.59. The first-order valence-corrected chi connectivity index (χ1v) is 5.72. The van der Waals surface area contributed by atoms with Crippen molar-refractivity contribution in [2.24, 2.45) is 0 Å². The molecule has 0 aliphatic rings. The molecule has 0 aromatic heterocycles. The van der Waals surface area contributed by atoms with Gasteiger partial charge in [0.15, 0.2) is 0 Å². The summed E-state index contributed by atoms with van der Waals surface area (Å²) in [7, 11) is -3.24. The second-order valence-electron chi connectivity index (χ2n) is 3.00. The minimum atomic E-state index is -4.68. The van der Waals surface area contributed by atoms with E-state index < -0.39 is 22.1 Å². The van der Waals surface area contributed by atoms with Crippen LogP contribution in [0.25, 0.3) is 0 Å². The Morgan fingerprint density at radius 3 is 2.73 bits per heavy atom. The number of aliphatic hydroxyl groups excluding tert-OH is 1. The van der Waals surface area contributed by atoms with E-state index in [2.05, 4.69) is 0 Å². The lowest BCUT2D eigenvalue weighted by molar-refractivity contribution is 0.200. The van der Waals surface area contributed by atoms with Gasteiger partial charge in [-0.2, -0.15) is 8.42 Å². The molecule has 84 valence electrons. The highest BCUT2D eigenvalue weighted by Crippen LogP contribution is 2.20. The molecule has 1 aromatic rings. The smallest absolute Gasteiger partial charge is 0.305 e. The average Bonchev–Trinajstić information content (AvgIpc) is 2.15. The summed E-state index contributed by atoms with van der Waals surface area (Å²) < 4.78 is 37.8. The summed E-state index contributed by atoms with van der Waals surface area (Å²) in [5.41, 5.74) is 0.301. The molecule has 1 atom stereocenters. The standard InChI is InChI=1S/C9H11FO4S/c1-14-8-4-2-3-7(5-8)9(11)6-15(10,12)13/h2-5,9,11H,6H2,1H3. The lowest BCUT2D eigenvalue weighted by Gasteiger charge is -2.09. The predicted molar refractivity (Wildman–Crippen MR) is 52.8 cm³/mol. The monoisotopic (exact) mass is 234 g/mol. The van der Waals surface area contributed by atoms with Crippen LogP contribution in [0, 0.1) is 0 Å². The minimum Gasteiger partial charge on any atom is -0.497 e. The van der Waals surface area contributed by atoms with Gasteiger partial charge >= 0.3 is 10.2 Å². The Balaban J connectivity index is 2.86. The highest BCUT2D eigenvalue weighted by molar-refractivity contribution is 7.86. The van der Waals surface area contributed by atoms with Crippen molar-refractivity contribution in [3.63, 3.8) is 0 Å². The fraction of sp³-hybridized carbons (Fsp3) is 0.333. The van der Waals surface area contributed by atoms with Gasteiger partial charge in [-0.25, -0.2) is 0 Å². The van der Waals surface area contributed by atoms with Gasteiger partial charge in [-0.15, -0.1) is 3.89 Å². The number of benzene rings is 1. The SMILES string of the molecule is COc1cccc(C(O)CS(=O)(=O)F)c1. The molecule has 0 saturated heterocycles. The summed E-state index contributed by atoms with van der Waals surface area (Å²) in [5, 5.41) is 9.40. The Labute approximate surface area is 87.5 Å². The molecule has 0 heterocycles. The molecule has 0 fully saturated rings. The maximum Gasteiger partial charge on any atom is 0.305 e. The number of rotatable bonds is 4. The van der Waals surface area contributed by atoms with Crippen LogP contribution in [0.1, 0.15) is 11.7 Å². The van der Waals surface area contributed by atoms with Crippen LogP contribution in [0.5, 0.6) is 5.75 Å². The molecule has 1 aromatic carbocycles. The Morgan fingerprint density at radius 2 is 2.20 bits per heavy atom. The molecule has 0 aliphatic heterocycles. The van der Waals surface area contributed by atoms with Gasteiger partial charge in [-0.05, 0) is 17.7 Å². The fourth-order valence-electron chi connectivity index (χ4n) is 1.13. The van der Waals surface area contributed by atoms with Crippen molar-refractivity contribution in [2.45, 2.75) is 6.10 Å². The Kier molecular flexibility index (Phi) is 3.65. The summed E-state index contributed by atoms with van der Waals surface area (Å²) in [4.78, 5) is 0. The maximum absolute atomic E-state index is 12.3. The van der Waals surface area contributed by atoms with Gasteiger partial charge in [-0.3, -0.25) is 0 Å². The number of hydrogen-bond donors (Lipinski definition) is 1. The minimum absolute atomic E-state index is 0.301. The zero-order valence-electron chi connectivity index (χ0n) is 8.05. The van der Waals surface area contributed by atoms with Crippen LogP contribution in [0.2, 0.25) is 0 Å². The van der Waals surface area contributed by atoms with Gasteiger partial charge in [0.1, 0.15) is 11.5 Å². The third-order valence-electron chi connectivity index (χ3n) is 1.84. The molecule has 0 radical (unpaired) electrons. The van der Waals surface area contributed by atoms with Gasteiger partial charge in [-0.1, -0.05) is 12.1 Å². The van der Waals surface area contributed by atoms with Crippen LogP contribution in [0.4, 0.5) is 3.89 Å². The van der Waals surface area contributed by atoms with E-state index in [4.69, 9.17) is 4.74 Å². The third kappa shape index (κ3) is 3.85. The Hall–Kier alpha value is -1.14. The maximum atomic E-state index is 12.3. The van der Waals surface area contributed by atoms with E-state index in [0.29, 0.717) is 11.3 Å². The van der Waals surface area contributed by atoms with Crippen molar-refractivity contribution in [3.05, 3.63) is 29.8 Å². The van der Waals surface area contributed by atoms with Crippen molar-refractivity contribution < 1.29 is 22.1 Å². The number of hydrogen-bond acceptors (Lipinski definition) is 4. The highest BCUT2D eigenvalue weighted by Gasteiger charge is 2.17. The molecule has 4 nitrogen and oxygen atoms in total. The zero-order valence-corrected chi connectivity index (χ0v) is 8.87. The zero-order chi connectivity index (χ0) is 11.5. The normalized spacial score (nSPS) is 13.5. The first-order valence-electron chi connectivity index (χ1n) is 4.17. The highest BCUT2D eigenvalue weighted by atomic mass is 32.3. The summed E-state index contributed by atoms with van der Waals surface area (Å²) in [6.07, 6.45) is -1.38. The quantitative estimate of drug-likeness (QED) is 0.790. The lowest BCUT2D eigenvalue weighted by atomic mass is 10.1. The molecule has 0 bridgehead atoms. The van der Waals surface area contributed by atoms with Crippen molar-refractivity contribution in [3.8, 4) is 5.75 Å². The lowest BCUT2D eigenvalue weighted by Crippen LogP contribution is -2.10. The van der Waals surface area contributed by atoms with Crippen molar-refractivity contribution in [2.75, 3.05) is 12.9 Å². The van der Waals surface area contributed by atoms with E-state index in [9.17, 15) is 17.4 Å². The summed E-state index contributed by atoms with van der Waals surface area (Å²) in [6, 6.07) is 6.18. The van der Waals surface area contributed by atoms with E-state index in [0.717, 1.165) is 0 Å². The van der Waals surface area contributed by atoms with Crippen LogP contribution in [0.15, 0.2) is 24.3 Å². The van der Waals surface area contributed by atoms with Gasteiger partial charge in [0.2, 0.25) is 0 Å². The molecule has 1 rings (SSSR count). The number of ether oxygens (including phenoxy) is 1. The molecule has 1 unspecified atom stereocenters. The van der Waals surface area contributed by atoms with Gasteiger partial charge in [0.05, 0.1) is 13.2 Å². The predicted octanol–water partition coefficient (Wildman–Crippen LogP) is 1.03. The van der Waals surface area contributed by atoms with Crippen molar-refractivity contribution >= 4 is 10.2 Å². The van der Waals surface area contributed by atoms with Crippen molar-refractivity contribution in [1.29, 1.82) is 0 Å². The molecular formula is C9H11FO4S. The molecule has 0 spiro atoms. The molecule has 15 heavy (non-hydrogen) atoms. The van der Waals surface area contributed by atoms with Crippen LogP contribution in [0.3, 0.4) is 0 Å². The molecule has 0 aliphatic carbocycles. The van der Waals surface area contributed by atoms with Crippen LogP contribution < -0.4 is 4.74 Å². The molecule has 0 amide bonds. The summed E-state index contributed by atoms with van der Waals surface area (Å²) >= 11 is 0. The topological polar surface area (TPSA) is 63.6 Å². The van der Waals surface area contributed by atoms with Gasteiger partial charge in [0.25, 0.3) is 0 Å². The summed E-state index contributed by atoms with van der Waals surface area (Å²) in [5.74, 6) is -0.469. The number of halogens is 1. The van der Waals surface area contributed by atoms with E-state index in [1.54, 1.807) is 12.1 Å². The third-order valence-corrected chi connectivity index (χ3v) is 2.55. The second-order valence-corrected chi connectivity index (χ2v) is 4.41.